The molecular formula is C21H19N5O2. The number of hydrogen-bond acceptors (Lipinski definition) is 5. The van der Waals surface area contributed by atoms with Crippen LogP contribution in [-0.2, 0) is 13.7 Å². The van der Waals surface area contributed by atoms with Crippen LogP contribution in [0.5, 0.6) is 5.75 Å². The molecule has 7 nitrogen and oxygen atoms in total. The van der Waals surface area contributed by atoms with Crippen LogP contribution in [0.15, 0.2) is 71.8 Å². The molecule has 0 atom stereocenters. The van der Waals surface area contributed by atoms with Crippen LogP contribution in [0, 0.1) is 6.92 Å². The minimum absolute atomic E-state index is 0.301. The van der Waals surface area contributed by atoms with Gasteiger partial charge in [-0.2, -0.15) is 9.36 Å². The summed E-state index contributed by atoms with van der Waals surface area (Å²) in [7, 11) is 1.57. The predicted octanol–water partition coefficient (Wildman–Crippen LogP) is 2.92. The molecule has 7 heteroatoms. The highest BCUT2D eigenvalue weighted by molar-refractivity contribution is 5.64. The first-order chi connectivity index (χ1) is 13.6. The van der Waals surface area contributed by atoms with Crippen LogP contribution in [-0.4, -0.2) is 24.8 Å². The van der Waals surface area contributed by atoms with E-state index in [2.05, 4.69) is 21.5 Å². The molecule has 0 spiro atoms. The van der Waals surface area contributed by atoms with E-state index in [0.29, 0.717) is 12.3 Å². The average molecular weight is 373 g/mol. The zero-order valence-corrected chi connectivity index (χ0v) is 15.6. The van der Waals surface area contributed by atoms with Gasteiger partial charge in [-0.05, 0) is 52.7 Å². The number of pyridine rings is 1. The van der Waals surface area contributed by atoms with Crippen molar-refractivity contribution in [2.45, 2.75) is 13.5 Å². The molecule has 0 saturated carbocycles. The Labute approximate surface area is 161 Å². The van der Waals surface area contributed by atoms with Gasteiger partial charge in [-0.15, -0.1) is 0 Å². The second kappa shape index (κ2) is 7.48. The first kappa shape index (κ1) is 17.7. The van der Waals surface area contributed by atoms with Crippen LogP contribution in [0.4, 0.5) is 0 Å². The Morgan fingerprint density at radius 1 is 1.00 bits per heavy atom. The Morgan fingerprint density at radius 3 is 2.57 bits per heavy atom. The molecule has 2 aromatic carbocycles. The summed E-state index contributed by atoms with van der Waals surface area (Å²) in [5.74, 6) is 0.786. The lowest BCUT2D eigenvalue weighted by atomic mass is 10.0. The smallest absolute Gasteiger partial charge is 0.368 e. The molecular weight excluding hydrogens is 354 g/mol. The van der Waals surface area contributed by atoms with Gasteiger partial charge in [-0.25, -0.2) is 4.79 Å². The number of aromatic nitrogens is 5. The lowest BCUT2D eigenvalue weighted by molar-refractivity contribution is 0.303. The normalized spacial score (nSPS) is 10.8. The number of nitrogens with zero attached hydrogens (tertiary/aromatic N) is 5. The Morgan fingerprint density at radius 2 is 1.86 bits per heavy atom. The van der Waals surface area contributed by atoms with E-state index in [1.54, 1.807) is 13.2 Å². The SMILES string of the molecule is Cc1cc(-c2cccnc2)ccc1OCc1ccccc1-n1nnn(C)c1=O. The number of aryl methyl sites for hydroxylation is 2. The number of rotatable bonds is 5. The Hall–Kier alpha value is -3.74. The van der Waals surface area contributed by atoms with Crippen molar-refractivity contribution in [2.24, 2.45) is 7.05 Å². The van der Waals surface area contributed by atoms with E-state index in [0.717, 1.165) is 28.0 Å². The maximum atomic E-state index is 12.2. The van der Waals surface area contributed by atoms with Crippen molar-refractivity contribution in [1.29, 1.82) is 0 Å². The molecule has 28 heavy (non-hydrogen) atoms. The molecule has 0 amide bonds. The molecule has 0 aliphatic heterocycles. The second-order valence-electron chi connectivity index (χ2n) is 6.44. The molecule has 4 rings (SSSR count). The van der Waals surface area contributed by atoms with Gasteiger partial charge in [0.2, 0.25) is 0 Å². The number of tetrazole rings is 1. The molecule has 140 valence electrons. The van der Waals surface area contributed by atoms with Gasteiger partial charge >= 0.3 is 5.69 Å². The van der Waals surface area contributed by atoms with Gasteiger partial charge in [0, 0.05) is 30.6 Å². The number of benzene rings is 2. The van der Waals surface area contributed by atoms with Gasteiger partial charge in [0.05, 0.1) is 5.69 Å². The monoisotopic (exact) mass is 373 g/mol. The van der Waals surface area contributed by atoms with Crippen molar-refractivity contribution in [1.82, 2.24) is 24.8 Å². The topological polar surface area (TPSA) is 74.8 Å². The first-order valence-electron chi connectivity index (χ1n) is 8.84. The van der Waals surface area contributed by atoms with E-state index in [9.17, 15) is 4.79 Å². The fourth-order valence-electron chi connectivity index (χ4n) is 2.98. The maximum Gasteiger partial charge on any atom is 0.368 e. The summed E-state index contributed by atoms with van der Waals surface area (Å²) in [6, 6.07) is 17.5. The second-order valence-corrected chi connectivity index (χ2v) is 6.44. The summed E-state index contributed by atoms with van der Waals surface area (Å²) in [4.78, 5) is 16.3. The maximum absolute atomic E-state index is 12.2. The third kappa shape index (κ3) is 3.42. The summed E-state index contributed by atoms with van der Waals surface area (Å²) in [6.07, 6.45) is 3.60. The predicted molar refractivity (Wildman–Crippen MR) is 105 cm³/mol. The van der Waals surface area contributed by atoms with Crippen LogP contribution in [0.3, 0.4) is 0 Å². The van der Waals surface area contributed by atoms with Gasteiger partial charge in [-0.1, -0.05) is 30.3 Å². The van der Waals surface area contributed by atoms with E-state index in [-0.39, 0.29) is 5.69 Å². The fourth-order valence-corrected chi connectivity index (χ4v) is 2.98. The molecule has 2 aromatic heterocycles. The highest BCUT2D eigenvalue weighted by Gasteiger charge is 2.12. The standard InChI is InChI=1S/C21H19N5O2/c1-15-12-16(17-7-5-11-22-13-17)9-10-20(15)28-14-18-6-3-4-8-19(18)26-21(27)25(2)23-24-26/h3-13H,14H2,1-2H3. The van der Waals surface area contributed by atoms with E-state index in [4.69, 9.17) is 4.74 Å². The molecule has 0 N–H and O–H groups in total. The van der Waals surface area contributed by atoms with Crippen LogP contribution >= 0.6 is 0 Å². The largest absolute Gasteiger partial charge is 0.489 e. The fraction of sp³-hybridized carbons (Fsp3) is 0.143. The van der Waals surface area contributed by atoms with Crippen molar-refractivity contribution in [3.8, 4) is 22.6 Å². The van der Waals surface area contributed by atoms with Crippen molar-refractivity contribution in [3.05, 3.63) is 88.6 Å². The Bertz CT molecular complexity index is 1160. The van der Waals surface area contributed by atoms with Gasteiger partial charge < -0.3 is 4.74 Å². The van der Waals surface area contributed by atoms with E-state index >= 15 is 0 Å². The molecule has 0 radical (unpaired) electrons. The molecule has 2 heterocycles. The molecule has 0 aliphatic rings. The summed E-state index contributed by atoms with van der Waals surface area (Å²) in [6.45, 7) is 2.32. The van der Waals surface area contributed by atoms with E-state index in [1.165, 1.54) is 9.36 Å². The molecule has 0 bridgehead atoms. The van der Waals surface area contributed by atoms with E-state index < -0.39 is 0 Å². The van der Waals surface area contributed by atoms with Gasteiger partial charge in [-0.3, -0.25) is 4.98 Å². The quantitative estimate of drug-likeness (QED) is 0.538. The molecule has 0 aliphatic carbocycles. The Kier molecular flexibility index (Phi) is 4.72. The number of para-hydroxylation sites is 1. The van der Waals surface area contributed by atoms with Crippen LogP contribution in [0.2, 0.25) is 0 Å². The molecule has 0 unspecified atom stereocenters. The molecule has 0 fully saturated rings. The van der Waals surface area contributed by atoms with Gasteiger partial charge in [0.15, 0.2) is 0 Å². The summed E-state index contributed by atoms with van der Waals surface area (Å²) in [5, 5.41) is 7.70. The highest BCUT2D eigenvalue weighted by Crippen LogP contribution is 2.26. The minimum atomic E-state index is -0.301. The number of hydrogen-bond donors (Lipinski definition) is 0. The summed E-state index contributed by atoms with van der Waals surface area (Å²) >= 11 is 0. The number of ether oxygens (including phenoxy) is 1. The van der Waals surface area contributed by atoms with Crippen LogP contribution in [0.1, 0.15) is 11.1 Å². The third-order valence-electron chi connectivity index (χ3n) is 4.49. The van der Waals surface area contributed by atoms with Crippen LogP contribution in [0.25, 0.3) is 16.8 Å². The van der Waals surface area contributed by atoms with Crippen LogP contribution < -0.4 is 10.4 Å². The lowest BCUT2D eigenvalue weighted by Gasteiger charge is -2.13. The molecule has 0 saturated heterocycles. The molecule has 4 aromatic rings. The average Bonchev–Trinajstić information content (AvgIpc) is 3.06. The lowest BCUT2D eigenvalue weighted by Crippen LogP contribution is -2.23. The van der Waals surface area contributed by atoms with Gasteiger partial charge in [0.1, 0.15) is 12.4 Å². The first-order valence-corrected chi connectivity index (χ1v) is 8.84. The zero-order valence-electron chi connectivity index (χ0n) is 15.6. The summed E-state index contributed by atoms with van der Waals surface area (Å²) < 4.78 is 8.50. The third-order valence-corrected chi connectivity index (χ3v) is 4.49. The minimum Gasteiger partial charge on any atom is -0.489 e. The highest BCUT2D eigenvalue weighted by atomic mass is 16.5. The Balaban J connectivity index is 1.57. The van der Waals surface area contributed by atoms with Crippen molar-refractivity contribution < 1.29 is 4.74 Å². The summed E-state index contributed by atoms with van der Waals surface area (Å²) in [5.41, 5.74) is 4.38. The van der Waals surface area contributed by atoms with Crippen molar-refractivity contribution >= 4 is 0 Å². The zero-order chi connectivity index (χ0) is 19.5. The van der Waals surface area contributed by atoms with E-state index in [1.807, 2.05) is 61.7 Å². The van der Waals surface area contributed by atoms with Gasteiger partial charge in [0.25, 0.3) is 0 Å². The van der Waals surface area contributed by atoms with Crippen molar-refractivity contribution in [2.75, 3.05) is 0 Å². The van der Waals surface area contributed by atoms with Crippen molar-refractivity contribution in [3.63, 3.8) is 0 Å².